The predicted octanol–water partition coefficient (Wildman–Crippen LogP) is 3.11. The molecule has 1 aliphatic rings. The van der Waals surface area contributed by atoms with Gasteiger partial charge in [-0.1, -0.05) is 17.7 Å². The van der Waals surface area contributed by atoms with Gasteiger partial charge in [0, 0.05) is 40.1 Å². The minimum Gasteiger partial charge on any atom is -0.352 e. The maximum Gasteiger partial charge on any atom is 0.251 e. The summed E-state index contributed by atoms with van der Waals surface area (Å²) in [6, 6.07) is 12.3. The lowest BCUT2D eigenvalue weighted by Crippen LogP contribution is -2.25. The standard InChI is InChI=1S/C22H21ClN6O2/c23-15-5-6-17-18(11-15)28-19(30)10-14-12-26-22(29-20(14)17)27-16-4-1-3-13(9-16)21(31)25-8-2-7-24/h1,3-6,9,11-12H,2,7-8,10,24H2,(H,25,31)(H,28,30)(H,26,27,29). The number of nitrogens with one attached hydrogen (secondary N) is 3. The van der Waals surface area contributed by atoms with E-state index in [9.17, 15) is 9.59 Å². The van der Waals surface area contributed by atoms with Crippen LogP contribution in [0.25, 0.3) is 11.3 Å². The molecule has 2 heterocycles. The van der Waals surface area contributed by atoms with Crippen LogP contribution in [-0.4, -0.2) is 34.9 Å². The lowest BCUT2D eigenvalue weighted by atomic mass is 10.1. The lowest BCUT2D eigenvalue weighted by molar-refractivity contribution is -0.115. The minimum atomic E-state index is -0.171. The number of carbonyl (C=O) groups is 2. The number of aromatic nitrogens is 2. The zero-order valence-corrected chi connectivity index (χ0v) is 17.4. The van der Waals surface area contributed by atoms with Crippen molar-refractivity contribution in [2.24, 2.45) is 5.73 Å². The molecular weight excluding hydrogens is 416 g/mol. The van der Waals surface area contributed by atoms with Crippen LogP contribution in [-0.2, 0) is 11.2 Å². The molecule has 158 valence electrons. The number of carbonyl (C=O) groups excluding carboxylic acids is 2. The smallest absolute Gasteiger partial charge is 0.251 e. The second kappa shape index (κ2) is 9.11. The molecule has 1 aromatic heterocycles. The van der Waals surface area contributed by atoms with E-state index in [-0.39, 0.29) is 18.2 Å². The van der Waals surface area contributed by atoms with Crippen LogP contribution in [0.4, 0.5) is 17.3 Å². The van der Waals surface area contributed by atoms with Gasteiger partial charge in [0.05, 0.1) is 17.8 Å². The van der Waals surface area contributed by atoms with Gasteiger partial charge in [0.15, 0.2) is 0 Å². The summed E-state index contributed by atoms with van der Waals surface area (Å²) < 4.78 is 0. The van der Waals surface area contributed by atoms with Gasteiger partial charge in [-0.2, -0.15) is 0 Å². The van der Waals surface area contributed by atoms with Crippen LogP contribution in [0.15, 0.2) is 48.7 Å². The van der Waals surface area contributed by atoms with Gasteiger partial charge in [-0.05, 0) is 49.4 Å². The van der Waals surface area contributed by atoms with E-state index >= 15 is 0 Å². The quantitative estimate of drug-likeness (QED) is 0.440. The van der Waals surface area contributed by atoms with E-state index in [1.807, 2.05) is 12.1 Å². The number of nitrogens with two attached hydrogens (primary N) is 1. The number of rotatable bonds is 6. The van der Waals surface area contributed by atoms with Gasteiger partial charge < -0.3 is 21.7 Å². The first-order valence-electron chi connectivity index (χ1n) is 9.84. The summed E-state index contributed by atoms with van der Waals surface area (Å²) in [5, 5.41) is 9.35. The number of nitrogens with zero attached hydrogens (tertiary/aromatic N) is 2. The maximum absolute atomic E-state index is 12.3. The molecule has 0 saturated heterocycles. The Labute approximate surface area is 184 Å². The van der Waals surface area contributed by atoms with Crippen LogP contribution in [0.2, 0.25) is 5.02 Å². The van der Waals surface area contributed by atoms with E-state index in [0.29, 0.717) is 46.7 Å². The Kier molecular flexibility index (Phi) is 6.11. The van der Waals surface area contributed by atoms with E-state index in [0.717, 1.165) is 17.5 Å². The summed E-state index contributed by atoms with van der Waals surface area (Å²) >= 11 is 6.09. The molecule has 2 aromatic carbocycles. The molecule has 9 heteroatoms. The fourth-order valence-corrected chi connectivity index (χ4v) is 3.47. The van der Waals surface area contributed by atoms with Crippen molar-refractivity contribution in [3.05, 3.63) is 64.8 Å². The third kappa shape index (κ3) is 4.82. The molecule has 0 atom stereocenters. The van der Waals surface area contributed by atoms with Crippen LogP contribution in [0.5, 0.6) is 0 Å². The molecule has 0 fully saturated rings. The van der Waals surface area contributed by atoms with Crippen molar-refractivity contribution < 1.29 is 9.59 Å². The highest BCUT2D eigenvalue weighted by molar-refractivity contribution is 6.31. The molecule has 5 N–H and O–H groups in total. The highest BCUT2D eigenvalue weighted by Crippen LogP contribution is 2.34. The van der Waals surface area contributed by atoms with Gasteiger partial charge in [0.25, 0.3) is 5.91 Å². The van der Waals surface area contributed by atoms with E-state index in [1.165, 1.54) is 0 Å². The summed E-state index contributed by atoms with van der Waals surface area (Å²) in [7, 11) is 0. The topological polar surface area (TPSA) is 122 Å². The number of anilines is 3. The average molecular weight is 437 g/mol. The molecule has 0 saturated carbocycles. The average Bonchev–Trinajstić information content (AvgIpc) is 2.88. The monoisotopic (exact) mass is 436 g/mol. The van der Waals surface area contributed by atoms with Gasteiger partial charge in [-0.25, -0.2) is 9.97 Å². The fourth-order valence-electron chi connectivity index (χ4n) is 3.30. The maximum atomic E-state index is 12.3. The lowest BCUT2D eigenvalue weighted by Gasteiger charge is -2.11. The van der Waals surface area contributed by atoms with Crippen LogP contribution in [0, 0.1) is 0 Å². The van der Waals surface area contributed by atoms with Crippen molar-refractivity contribution in [2.75, 3.05) is 23.7 Å². The third-order valence-corrected chi connectivity index (χ3v) is 5.01. The zero-order valence-electron chi connectivity index (χ0n) is 16.6. The summed E-state index contributed by atoms with van der Waals surface area (Å²) in [6.45, 7) is 1.05. The Hall–Kier alpha value is -3.49. The molecular formula is C22H21ClN6O2. The van der Waals surface area contributed by atoms with Crippen molar-refractivity contribution in [2.45, 2.75) is 12.8 Å². The van der Waals surface area contributed by atoms with E-state index in [4.69, 9.17) is 17.3 Å². The fraction of sp³-hybridized carbons (Fsp3) is 0.182. The largest absolute Gasteiger partial charge is 0.352 e. The summed E-state index contributed by atoms with van der Waals surface area (Å²) in [4.78, 5) is 33.5. The number of hydrogen-bond donors (Lipinski definition) is 4. The van der Waals surface area contributed by atoms with Gasteiger partial charge in [0.1, 0.15) is 0 Å². The molecule has 4 rings (SSSR count). The highest BCUT2D eigenvalue weighted by atomic mass is 35.5. The van der Waals surface area contributed by atoms with Crippen molar-refractivity contribution in [3.8, 4) is 11.3 Å². The molecule has 0 unspecified atom stereocenters. The second-order valence-corrected chi connectivity index (χ2v) is 7.52. The molecule has 31 heavy (non-hydrogen) atoms. The summed E-state index contributed by atoms with van der Waals surface area (Å²) in [6.07, 6.45) is 2.52. The van der Waals surface area contributed by atoms with Gasteiger partial charge in [0.2, 0.25) is 11.9 Å². The van der Waals surface area contributed by atoms with E-state index in [1.54, 1.807) is 36.5 Å². The van der Waals surface area contributed by atoms with Crippen molar-refractivity contribution >= 4 is 40.7 Å². The number of fused-ring (bicyclic) bond motifs is 3. The Bertz CT molecular complexity index is 1150. The zero-order chi connectivity index (χ0) is 21.8. The molecule has 1 aliphatic heterocycles. The number of amides is 2. The second-order valence-electron chi connectivity index (χ2n) is 7.09. The van der Waals surface area contributed by atoms with Crippen molar-refractivity contribution in [3.63, 3.8) is 0 Å². The predicted molar refractivity (Wildman–Crippen MR) is 121 cm³/mol. The van der Waals surface area contributed by atoms with Gasteiger partial charge >= 0.3 is 0 Å². The SMILES string of the molecule is NCCCNC(=O)c1cccc(Nc2ncc3c(n2)-c2ccc(Cl)cc2NC(=O)C3)c1. The molecule has 2 amide bonds. The molecule has 0 bridgehead atoms. The number of hydrogen-bond acceptors (Lipinski definition) is 6. The normalized spacial score (nSPS) is 12.3. The Morgan fingerprint density at radius 1 is 1.23 bits per heavy atom. The Morgan fingerprint density at radius 2 is 2.10 bits per heavy atom. The first kappa shape index (κ1) is 20.8. The van der Waals surface area contributed by atoms with Crippen molar-refractivity contribution in [1.29, 1.82) is 0 Å². The minimum absolute atomic E-state index is 0.153. The molecule has 0 radical (unpaired) electrons. The van der Waals surface area contributed by atoms with Crippen LogP contribution in [0.1, 0.15) is 22.3 Å². The summed E-state index contributed by atoms with van der Waals surface area (Å²) in [5.41, 5.74) is 9.40. The van der Waals surface area contributed by atoms with E-state index < -0.39 is 0 Å². The van der Waals surface area contributed by atoms with Gasteiger partial charge in [-0.3, -0.25) is 9.59 Å². The van der Waals surface area contributed by atoms with E-state index in [2.05, 4.69) is 25.9 Å². The summed E-state index contributed by atoms with van der Waals surface area (Å²) in [5.74, 6) is 0.0324. The number of benzene rings is 2. The molecule has 3 aromatic rings. The molecule has 0 spiro atoms. The van der Waals surface area contributed by atoms with Crippen LogP contribution in [0.3, 0.4) is 0 Å². The van der Waals surface area contributed by atoms with Crippen LogP contribution >= 0.6 is 11.6 Å². The first-order valence-corrected chi connectivity index (χ1v) is 10.2. The first-order chi connectivity index (χ1) is 15.0. The molecule has 0 aliphatic carbocycles. The van der Waals surface area contributed by atoms with Crippen molar-refractivity contribution in [1.82, 2.24) is 15.3 Å². The Morgan fingerprint density at radius 3 is 2.94 bits per heavy atom. The highest BCUT2D eigenvalue weighted by Gasteiger charge is 2.21. The van der Waals surface area contributed by atoms with Gasteiger partial charge in [-0.15, -0.1) is 0 Å². The third-order valence-electron chi connectivity index (χ3n) is 4.77. The molecule has 8 nitrogen and oxygen atoms in total. The number of halogens is 1. The Balaban J connectivity index is 1.61. The van der Waals surface area contributed by atoms with Crippen LogP contribution < -0.4 is 21.7 Å².